The van der Waals surface area contributed by atoms with Gasteiger partial charge in [0.05, 0.1) is 25.0 Å². The van der Waals surface area contributed by atoms with Gasteiger partial charge in [0, 0.05) is 43.2 Å². The molecule has 186 valence electrons. The van der Waals surface area contributed by atoms with Gasteiger partial charge in [-0.1, -0.05) is 0 Å². The van der Waals surface area contributed by atoms with Crippen LogP contribution >= 0.6 is 0 Å². The van der Waals surface area contributed by atoms with Gasteiger partial charge in [0.2, 0.25) is 12.4 Å². The maximum atomic E-state index is 13.6. The zero-order valence-corrected chi connectivity index (χ0v) is 19.1. The molecule has 0 N–H and O–H groups in total. The second kappa shape index (κ2) is 7.45. The molecule has 1 aliphatic heterocycles. The number of halogens is 4. The quantitative estimate of drug-likeness (QED) is 0.505. The molecule has 4 aliphatic rings. The van der Waals surface area contributed by atoms with E-state index >= 15 is 0 Å². The molecule has 4 heterocycles. The lowest BCUT2D eigenvalue weighted by molar-refractivity contribution is -0.222. The SMILES string of the molecule is Cn1cc([C@H]2CN(c3nc(C45CC(C(F)F)(C4)C5)c4nc(C(F)F)n(C)c(=O)c4n3)CCO2)cn1. The van der Waals surface area contributed by atoms with Crippen LogP contribution in [0, 0.1) is 5.41 Å². The molecule has 13 heteroatoms. The molecular weight excluding hydrogens is 470 g/mol. The number of aryl methyl sites for hydroxylation is 1. The fraction of sp³-hybridized carbons (Fsp3) is 0.591. The number of anilines is 1. The van der Waals surface area contributed by atoms with Crippen LogP contribution < -0.4 is 10.5 Å². The van der Waals surface area contributed by atoms with Crippen molar-refractivity contribution in [2.24, 2.45) is 19.5 Å². The number of ether oxygens (including phenoxy) is 1. The summed E-state index contributed by atoms with van der Waals surface area (Å²) in [5, 5.41) is 4.18. The predicted molar refractivity (Wildman–Crippen MR) is 116 cm³/mol. The summed E-state index contributed by atoms with van der Waals surface area (Å²) in [5.74, 6) is -0.456. The van der Waals surface area contributed by atoms with Crippen molar-refractivity contribution in [3.63, 3.8) is 0 Å². The predicted octanol–water partition coefficient (Wildman–Crippen LogP) is 2.66. The first-order valence-electron chi connectivity index (χ1n) is 11.3. The van der Waals surface area contributed by atoms with E-state index in [9.17, 15) is 22.4 Å². The highest BCUT2D eigenvalue weighted by molar-refractivity contribution is 5.79. The maximum Gasteiger partial charge on any atom is 0.295 e. The van der Waals surface area contributed by atoms with Crippen LogP contribution in [0.2, 0.25) is 0 Å². The fourth-order valence-electron chi connectivity index (χ4n) is 5.84. The van der Waals surface area contributed by atoms with Gasteiger partial charge in [0.1, 0.15) is 11.6 Å². The molecule has 0 radical (unpaired) electrons. The molecule has 2 bridgehead atoms. The Labute approximate surface area is 196 Å². The first-order chi connectivity index (χ1) is 16.6. The molecule has 1 saturated heterocycles. The second-order valence-electron chi connectivity index (χ2n) is 9.93. The van der Waals surface area contributed by atoms with Crippen LogP contribution in [0.5, 0.6) is 0 Å². The van der Waals surface area contributed by atoms with Gasteiger partial charge in [0.15, 0.2) is 11.3 Å². The van der Waals surface area contributed by atoms with E-state index in [-0.39, 0.29) is 42.3 Å². The van der Waals surface area contributed by atoms with E-state index in [1.165, 1.54) is 7.05 Å². The van der Waals surface area contributed by atoms with Crippen molar-refractivity contribution in [2.45, 2.75) is 43.6 Å². The van der Waals surface area contributed by atoms with Crippen LogP contribution in [0.15, 0.2) is 17.2 Å². The Morgan fingerprint density at radius 2 is 1.83 bits per heavy atom. The van der Waals surface area contributed by atoms with Crippen LogP contribution in [0.4, 0.5) is 23.5 Å². The average Bonchev–Trinajstić information content (AvgIpc) is 3.20. The minimum Gasteiger partial charge on any atom is -0.370 e. The molecule has 4 fully saturated rings. The largest absolute Gasteiger partial charge is 0.370 e. The molecule has 3 aromatic heterocycles. The Balaban J connectivity index is 1.46. The third-order valence-electron chi connectivity index (χ3n) is 7.63. The number of aromatic nitrogens is 6. The zero-order valence-electron chi connectivity index (χ0n) is 19.1. The van der Waals surface area contributed by atoms with E-state index in [1.807, 2.05) is 11.1 Å². The third-order valence-corrected chi connectivity index (χ3v) is 7.63. The second-order valence-corrected chi connectivity index (χ2v) is 9.93. The highest BCUT2D eigenvalue weighted by atomic mass is 19.3. The van der Waals surface area contributed by atoms with Gasteiger partial charge in [-0.05, 0) is 19.3 Å². The minimum atomic E-state index is -2.98. The lowest BCUT2D eigenvalue weighted by atomic mass is 9.34. The molecule has 3 aliphatic carbocycles. The van der Waals surface area contributed by atoms with Crippen molar-refractivity contribution in [2.75, 3.05) is 24.6 Å². The molecule has 1 atom stereocenters. The maximum absolute atomic E-state index is 13.6. The number of nitrogens with zero attached hydrogens (tertiary/aromatic N) is 7. The molecular formula is C22H23F4N7O2. The number of hydrogen-bond acceptors (Lipinski definition) is 7. The minimum absolute atomic E-state index is 0.0215. The summed E-state index contributed by atoms with van der Waals surface area (Å²) >= 11 is 0. The fourth-order valence-corrected chi connectivity index (χ4v) is 5.84. The molecule has 9 nitrogen and oxygen atoms in total. The van der Waals surface area contributed by atoms with E-state index < -0.39 is 35.1 Å². The van der Waals surface area contributed by atoms with Crippen molar-refractivity contribution >= 4 is 17.0 Å². The summed E-state index contributed by atoms with van der Waals surface area (Å²) in [6, 6.07) is 0. The number of rotatable bonds is 5. The topological polar surface area (TPSA) is 91.0 Å². The summed E-state index contributed by atoms with van der Waals surface area (Å²) in [5.41, 5.74) is -1.42. The van der Waals surface area contributed by atoms with E-state index in [0.29, 0.717) is 25.4 Å². The van der Waals surface area contributed by atoms with Gasteiger partial charge in [0.25, 0.3) is 12.0 Å². The number of fused-ring (bicyclic) bond motifs is 1. The van der Waals surface area contributed by atoms with Crippen molar-refractivity contribution < 1.29 is 22.3 Å². The molecule has 35 heavy (non-hydrogen) atoms. The van der Waals surface area contributed by atoms with Crippen LogP contribution in [0.25, 0.3) is 11.0 Å². The van der Waals surface area contributed by atoms with Gasteiger partial charge in [-0.25, -0.2) is 32.5 Å². The zero-order chi connectivity index (χ0) is 24.7. The van der Waals surface area contributed by atoms with Gasteiger partial charge in [-0.15, -0.1) is 0 Å². The molecule has 0 unspecified atom stereocenters. The van der Waals surface area contributed by atoms with Gasteiger partial charge in [-0.3, -0.25) is 14.0 Å². The lowest BCUT2D eigenvalue weighted by Gasteiger charge is -2.69. The molecule has 7 rings (SSSR count). The highest BCUT2D eigenvalue weighted by Crippen LogP contribution is 2.75. The Kier molecular flexibility index (Phi) is 4.77. The van der Waals surface area contributed by atoms with E-state index in [1.54, 1.807) is 17.9 Å². The first kappa shape index (κ1) is 22.4. The number of morpholine rings is 1. The standard InChI is InChI=1S/C22H23F4N7O2/c1-31-6-11(5-27-31)12-7-33(3-4-35-12)20-29-14-13(28-17(16(23)24)32(2)18(14)34)15(30-20)21-8-22(9-21,10-21)19(25)26/h5-6,12,16,19H,3-4,7-10H2,1-2H3/t12-,21?,22?/m1/s1. The van der Waals surface area contributed by atoms with Gasteiger partial charge < -0.3 is 9.64 Å². The van der Waals surface area contributed by atoms with Crippen LogP contribution in [-0.4, -0.2) is 55.4 Å². The highest BCUT2D eigenvalue weighted by Gasteiger charge is 2.73. The number of hydrogen-bond donors (Lipinski definition) is 0. The van der Waals surface area contributed by atoms with E-state index in [2.05, 4.69) is 20.1 Å². The number of alkyl halides is 4. The third kappa shape index (κ3) is 3.20. The Morgan fingerprint density at radius 1 is 1.09 bits per heavy atom. The van der Waals surface area contributed by atoms with Crippen molar-refractivity contribution in [3.8, 4) is 0 Å². The van der Waals surface area contributed by atoms with Crippen LogP contribution in [-0.2, 0) is 24.2 Å². The van der Waals surface area contributed by atoms with Gasteiger partial charge in [-0.2, -0.15) is 5.10 Å². The lowest BCUT2D eigenvalue weighted by Crippen LogP contribution is -2.68. The Morgan fingerprint density at radius 3 is 2.46 bits per heavy atom. The van der Waals surface area contributed by atoms with E-state index in [0.717, 1.165) is 10.1 Å². The summed E-state index contributed by atoms with van der Waals surface area (Å²) in [4.78, 5) is 28.1. The molecule has 3 aromatic rings. The molecule has 0 spiro atoms. The summed E-state index contributed by atoms with van der Waals surface area (Å²) in [7, 11) is 3.02. The van der Waals surface area contributed by atoms with Crippen molar-refractivity contribution in [1.82, 2.24) is 29.3 Å². The molecule has 0 amide bonds. The molecule has 0 aromatic carbocycles. The van der Waals surface area contributed by atoms with Gasteiger partial charge >= 0.3 is 0 Å². The Bertz CT molecular complexity index is 1370. The molecule has 3 saturated carbocycles. The van der Waals surface area contributed by atoms with Crippen molar-refractivity contribution in [3.05, 3.63) is 39.8 Å². The summed E-state index contributed by atoms with van der Waals surface area (Å²) in [6.45, 7) is 1.20. The normalized spacial score (nSPS) is 28.0. The van der Waals surface area contributed by atoms with Crippen LogP contribution in [0.1, 0.15) is 48.9 Å². The van der Waals surface area contributed by atoms with Crippen LogP contribution in [0.3, 0.4) is 0 Å². The summed E-state index contributed by atoms with van der Waals surface area (Å²) in [6.07, 6.45) is -1.64. The monoisotopic (exact) mass is 493 g/mol. The summed E-state index contributed by atoms with van der Waals surface area (Å²) < 4.78 is 62.6. The Hall–Kier alpha value is -3.09. The van der Waals surface area contributed by atoms with Crippen molar-refractivity contribution in [1.29, 1.82) is 0 Å². The smallest absolute Gasteiger partial charge is 0.295 e. The first-order valence-corrected chi connectivity index (χ1v) is 11.3. The van der Waals surface area contributed by atoms with E-state index in [4.69, 9.17) is 4.74 Å². The average molecular weight is 493 g/mol.